The fraction of sp³-hybridized carbons (Fsp3) is 0.250. The number of amides is 2. The summed E-state index contributed by atoms with van der Waals surface area (Å²) in [7, 11) is 0. The number of carbonyl (C=O) groups excluding carboxylic acids is 2. The van der Waals surface area contributed by atoms with E-state index < -0.39 is 11.8 Å². The molecule has 6 heteroatoms. The van der Waals surface area contributed by atoms with E-state index in [1.165, 1.54) is 0 Å². The number of carbonyl (C=O) groups is 2. The third-order valence-corrected chi connectivity index (χ3v) is 5.10. The zero-order chi connectivity index (χ0) is 18.3. The van der Waals surface area contributed by atoms with E-state index in [0.717, 1.165) is 27.9 Å². The Morgan fingerprint density at radius 2 is 1.96 bits per heavy atom. The van der Waals surface area contributed by atoms with E-state index in [0.29, 0.717) is 19.6 Å². The Morgan fingerprint density at radius 3 is 2.62 bits per heavy atom. The molecule has 1 fully saturated rings. The van der Waals surface area contributed by atoms with Crippen molar-refractivity contribution in [2.75, 3.05) is 11.4 Å². The van der Waals surface area contributed by atoms with E-state index in [-0.39, 0.29) is 12.3 Å². The second-order valence-corrected chi connectivity index (χ2v) is 6.76. The van der Waals surface area contributed by atoms with Crippen LogP contribution < -0.4 is 10.6 Å². The van der Waals surface area contributed by atoms with Crippen molar-refractivity contribution in [1.29, 1.82) is 5.26 Å². The van der Waals surface area contributed by atoms with Gasteiger partial charge in [0.15, 0.2) is 6.19 Å². The summed E-state index contributed by atoms with van der Waals surface area (Å²) in [6.07, 6.45) is 2.35. The van der Waals surface area contributed by atoms with Gasteiger partial charge in [-0.1, -0.05) is 30.3 Å². The number of primary amides is 1. The van der Waals surface area contributed by atoms with Gasteiger partial charge in [-0.3, -0.25) is 9.59 Å². The van der Waals surface area contributed by atoms with Crippen LogP contribution in [0.4, 0.5) is 5.69 Å². The normalized spacial score (nSPS) is 18.7. The van der Waals surface area contributed by atoms with Crippen LogP contribution in [0.1, 0.15) is 17.5 Å². The first kappa shape index (κ1) is 16.2. The molecule has 2 aromatic rings. The van der Waals surface area contributed by atoms with Crippen molar-refractivity contribution in [2.24, 2.45) is 11.7 Å². The first-order valence-corrected chi connectivity index (χ1v) is 8.52. The molecule has 1 unspecified atom stereocenters. The summed E-state index contributed by atoms with van der Waals surface area (Å²) < 4.78 is 0. The van der Waals surface area contributed by atoms with E-state index in [1.54, 1.807) is 9.80 Å². The highest BCUT2D eigenvalue weighted by Crippen LogP contribution is 2.38. The summed E-state index contributed by atoms with van der Waals surface area (Å²) in [5.74, 6) is -0.990. The minimum atomic E-state index is -0.452. The molecule has 0 saturated carbocycles. The van der Waals surface area contributed by atoms with Crippen LogP contribution in [0.3, 0.4) is 0 Å². The van der Waals surface area contributed by atoms with Gasteiger partial charge in [-0.05, 0) is 34.4 Å². The number of nitrogens with zero attached hydrogens (tertiary/aromatic N) is 3. The van der Waals surface area contributed by atoms with Crippen LogP contribution >= 0.6 is 0 Å². The third-order valence-electron chi connectivity index (χ3n) is 5.10. The molecule has 2 aromatic carbocycles. The summed E-state index contributed by atoms with van der Waals surface area (Å²) in [6.45, 7) is 1.40. The Labute approximate surface area is 151 Å². The van der Waals surface area contributed by atoms with Crippen molar-refractivity contribution in [1.82, 2.24) is 4.90 Å². The van der Waals surface area contributed by atoms with E-state index in [4.69, 9.17) is 5.73 Å². The second kappa shape index (κ2) is 6.19. The molecule has 26 heavy (non-hydrogen) atoms. The van der Waals surface area contributed by atoms with E-state index in [9.17, 15) is 14.9 Å². The number of hydrogen-bond acceptors (Lipinski definition) is 4. The zero-order valence-electron chi connectivity index (χ0n) is 14.2. The molecule has 2 aliphatic heterocycles. The predicted molar refractivity (Wildman–Crippen MR) is 96.4 cm³/mol. The number of nitrogens with two attached hydrogens (primary N) is 1. The molecule has 0 bridgehead atoms. The van der Waals surface area contributed by atoms with Gasteiger partial charge in [0, 0.05) is 18.7 Å². The van der Waals surface area contributed by atoms with Crippen LogP contribution in [-0.2, 0) is 22.7 Å². The Balaban J connectivity index is 1.80. The second-order valence-electron chi connectivity index (χ2n) is 6.76. The first-order valence-electron chi connectivity index (χ1n) is 8.52. The average Bonchev–Trinajstić information content (AvgIpc) is 3.24. The topological polar surface area (TPSA) is 90.4 Å². The quantitative estimate of drug-likeness (QED) is 0.861. The molecule has 1 atom stereocenters. The molecule has 1 saturated heterocycles. The van der Waals surface area contributed by atoms with Crippen LogP contribution in [-0.4, -0.2) is 23.3 Å². The molecule has 4 rings (SSSR count). The van der Waals surface area contributed by atoms with E-state index in [2.05, 4.69) is 6.19 Å². The molecular formula is C20H18N4O2. The number of fused-ring (bicyclic) bond motifs is 1. The van der Waals surface area contributed by atoms with Gasteiger partial charge in [0.1, 0.15) is 0 Å². The van der Waals surface area contributed by atoms with Crippen molar-refractivity contribution in [3.05, 3.63) is 53.6 Å². The first-order chi connectivity index (χ1) is 12.6. The Hall–Kier alpha value is -3.33. The maximum atomic E-state index is 12.4. The van der Waals surface area contributed by atoms with Crippen LogP contribution in [0, 0.1) is 17.4 Å². The van der Waals surface area contributed by atoms with E-state index in [1.807, 2.05) is 42.5 Å². The minimum Gasteiger partial charge on any atom is -0.369 e. The number of nitriles is 1. The average molecular weight is 346 g/mol. The third kappa shape index (κ3) is 2.68. The summed E-state index contributed by atoms with van der Waals surface area (Å²) in [6, 6.07) is 13.9. The molecule has 0 spiro atoms. The molecule has 0 aliphatic carbocycles. The van der Waals surface area contributed by atoms with Gasteiger partial charge in [0.05, 0.1) is 19.0 Å². The summed E-state index contributed by atoms with van der Waals surface area (Å²) in [5.41, 5.74) is 10.4. The summed E-state index contributed by atoms with van der Waals surface area (Å²) >= 11 is 0. The van der Waals surface area contributed by atoms with Gasteiger partial charge >= 0.3 is 0 Å². The predicted octanol–water partition coefficient (Wildman–Crippen LogP) is 1.99. The lowest BCUT2D eigenvalue weighted by Crippen LogP contribution is -2.28. The minimum absolute atomic E-state index is 0.0945. The number of hydrogen-bond donors (Lipinski definition) is 1. The van der Waals surface area contributed by atoms with Gasteiger partial charge < -0.3 is 15.5 Å². The molecule has 0 radical (unpaired) electrons. The Kier molecular flexibility index (Phi) is 3.85. The van der Waals surface area contributed by atoms with Crippen molar-refractivity contribution in [3.8, 4) is 17.3 Å². The van der Waals surface area contributed by atoms with Gasteiger partial charge in [-0.25, -0.2) is 0 Å². The fourth-order valence-electron chi connectivity index (χ4n) is 3.74. The standard InChI is InChI=1S/C20H18N4O2/c21-12-23-9-14-6-16(24-10-15(20(22)26)7-19(24)25)8-17(18(14)11-23)13-4-2-1-3-5-13/h1-6,8,15H,7,9-11H2,(H2,22,26). The van der Waals surface area contributed by atoms with Crippen molar-refractivity contribution in [3.63, 3.8) is 0 Å². The monoisotopic (exact) mass is 346 g/mol. The fourth-order valence-corrected chi connectivity index (χ4v) is 3.74. The van der Waals surface area contributed by atoms with Gasteiger partial charge in [-0.15, -0.1) is 0 Å². The number of anilines is 1. The molecule has 130 valence electrons. The lowest BCUT2D eigenvalue weighted by Gasteiger charge is -2.19. The van der Waals surface area contributed by atoms with Crippen molar-refractivity contribution < 1.29 is 9.59 Å². The van der Waals surface area contributed by atoms with Crippen molar-refractivity contribution >= 4 is 17.5 Å². The number of rotatable bonds is 3. The largest absolute Gasteiger partial charge is 0.369 e. The maximum absolute atomic E-state index is 12.4. The molecule has 0 aromatic heterocycles. The summed E-state index contributed by atoms with van der Waals surface area (Å²) in [5, 5.41) is 9.28. The molecule has 2 heterocycles. The zero-order valence-corrected chi connectivity index (χ0v) is 14.2. The highest BCUT2D eigenvalue weighted by molar-refractivity contribution is 6.00. The van der Waals surface area contributed by atoms with E-state index >= 15 is 0 Å². The molecule has 6 nitrogen and oxygen atoms in total. The highest BCUT2D eigenvalue weighted by Gasteiger charge is 2.35. The van der Waals surface area contributed by atoms with Gasteiger partial charge in [-0.2, -0.15) is 5.26 Å². The lowest BCUT2D eigenvalue weighted by molar-refractivity contribution is -0.123. The molecule has 2 N–H and O–H groups in total. The van der Waals surface area contributed by atoms with Gasteiger partial charge in [0.25, 0.3) is 0 Å². The lowest BCUT2D eigenvalue weighted by atomic mass is 9.96. The Bertz CT molecular complexity index is 933. The van der Waals surface area contributed by atoms with Crippen LogP contribution in [0.15, 0.2) is 42.5 Å². The maximum Gasteiger partial charge on any atom is 0.227 e. The van der Waals surface area contributed by atoms with Crippen molar-refractivity contribution in [2.45, 2.75) is 19.5 Å². The smallest absolute Gasteiger partial charge is 0.227 e. The molecular weight excluding hydrogens is 328 g/mol. The van der Waals surface area contributed by atoms with Gasteiger partial charge in [0.2, 0.25) is 11.8 Å². The molecule has 2 amide bonds. The molecule has 2 aliphatic rings. The number of benzene rings is 2. The Morgan fingerprint density at radius 1 is 1.19 bits per heavy atom. The van der Waals surface area contributed by atoms with Crippen LogP contribution in [0.5, 0.6) is 0 Å². The van der Waals surface area contributed by atoms with Crippen LogP contribution in [0.25, 0.3) is 11.1 Å². The van der Waals surface area contributed by atoms with Crippen LogP contribution in [0.2, 0.25) is 0 Å². The summed E-state index contributed by atoms with van der Waals surface area (Å²) in [4.78, 5) is 27.2. The highest BCUT2D eigenvalue weighted by atomic mass is 16.2. The SMILES string of the molecule is N#CN1Cc2cc(N3CC(C(N)=O)CC3=O)cc(-c3ccccc3)c2C1.